The van der Waals surface area contributed by atoms with Crippen molar-refractivity contribution in [2.24, 2.45) is 0 Å². The molecule has 39 heavy (non-hydrogen) atoms. The highest BCUT2D eigenvalue weighted by atomic mass is 16.5. The highest BCUT2D eigenvalue weighted by molar-refractivity contribution is 6.11. The number of Topliss-reactive ketones (excluding diaryl/α,β-unsaturated/α-hetero) is 1. The van der Waals surface area contributed by atoms with Gasteiger partial charge in [0.15, 0.2) is 11.6 Å². The number of ether oxygens (including phenoxy) is 1. The molecule has 5 nitrogen and oxygen atoms in total. The van der Waals surface area contributed by atoms with Crippen LogP contribution in [0.2, 0.25) is 0 Å². The molecule has 0 unspecified atom stereocenters. The van der Waals surface area contributed by atoms with Gasteiger partial charge in [0.2, 0.25) is 0 Å². The van der Waals surface area contributed by atoms with Crippen LogP contribution in [-0.4, -0.2) is 18.2 Å². The fourth-order valence-corrected chi connectivity index (χ4v) is 4.42. The Morgan fingerprint density at radius 1 is 0.718 bits per heavy atom. The van der Waals surface area contributed by atoms with Gasteiger partial charge in [0.25, 0.3) is 0 Å². The first-order valence-electron chi connectivity index (χ1n) is 13.3. The number of hydrogen-bond acceptors (Lipinski definition) is 5. The van der Waals surface area contributed by atoms with E-state index in [0.717, 1.165) is 48.1 Å². The second-order valence-electron chi connectivity index (χ2n) is 9.50. The molecule has 0 radical (unpaired) electrons. The van der Waals surface area contributed by atoms with Crippen molar-refractivity contribution >= 4 is 29.0 Å². The molecule has 4 aromatic rings. The Morgan fingerprint density at radius 2 is 1.38 bits per heavy atom. The van der Waals surface area contributed by atoms with E-state index in [9.17, 15) is 9.59 Å². The van der Waals surface area contributed by atoms with Gasteiger partial charge in [0, 0.05) is 28.9 Å². The molecule has 0 aliphatic carbocycles. The van der Waals surface area contributed by atoms with E-state index in [-0.39, 0.29) is 11.6 Å². The first-order valence-corrected chi connectivity index (χ1v) is 13.3. The second kappa shape index (κ2) is 13.8. The average Bonchev–Trinajstić information content (AvgIpc) is 2.95. The highest BCUT2D eigenvalue weighted by Crippen LogP contribution is 2.27. The SMILES string of the molecule is Nc1cc(N)cc(C(=O)CCCCCCOc2ccc(-c3ccccc3C(=O)C=Cc3ccccc3)cc2)c1. The van der Waals surface area contributed by atoms with Crippen molar-refractivity contribution in [3.8, 4) is 16.9 Å². The maximum Gasteiger partial charge on any atom is 0.186 e. The summed E-state index contributed by atoms with van der Waals surface area (Å²) >= 11 is 0. The van der Waals surface area contributed by atoms with Gasteiger partial charge in [-0.1, -0.05) is 85.6 Å². The zero-order valence-electron chi connectivity index (χ0n) is 22.0. The van der Waals surface area contributed by atoms with Gasteiger partial charge in [0.1, 0.15) is 5.75 Å². The summed E-state index contributed by atoms with van der Waals surface area (Å²) in [5.41, 5.74) is 16.7. The van der Waals surface area contributed by atoms with Crippen LogP contribution in [0.1, 0.15) is 58.4 Å². The van der Waals surface area contributed by atoms with Crippen LogP contribution in [0.25, 0.3) is 17.2 Å². The molecule has 5 heteroatoms. The minimum atomic E-state index is -0.0338. The van der Waals surface area contributed by atoms with Crippen molar-refractivity contribution in [2.45, 2.75) is 32.1 Å². The van der Waals surface area contributed by atoms with Gasteiger partial charge in [-0.3, -0.25) is 9.59 Å². The topological polar surface area (TPSA) is 95.4 Å². The first-order chi connectivity index (χ1) is 19.0. The molecule has 0 aliphatic rings. The molecule has 0 bridgehead atoms. The van der Waals surface area contributed by atoms with E-state index in [1.165, 1.54) is 0 Å². The third-order valence-electron chi connectivity index (χ3n) is 6.45. The largest absolute Gasteiger partial charge is 0.494 e. The summed E-state index contributed by atoms with van der Waals surface area (Å²) in [5, 5.41) is 0. The summed E-state index contributed by atoms with van der Waals surface area (Å²) in [6.07, 6.45) is 7.61. The molecule has 0 amide bonds. The summed E-state index contributed by atoms with van der Waals surface area (Å²) in [6.45, 7) is 0.610. The molecule has 0 fully saturated rings. The van der Waals surface area contributed by atoms with E-state index in [1.54, 1.807) is 24.3 Å². The lowest BCUT2D eigenvalue weighted by atomic mass is 9.96. The summed E-state index contributed by atoms with van der Waals surface area (Å²) in [4.78, 5) is 25.3. The maximum atomic E-state index is 12.9. The van der Waals surface area contributed by atoms with Gasteiger partial charge in [0.05, 0.1) is 6.61 Å². The van der Waals surface area contributed by atoms with Crippen molar-refractivity contribution in [1.82, 2.24) is 0 Å². The Hall–Kier alpha value is -4.64. The predicted octanol–water partition coefficient (Wildman–Crippen LogP) is 7.63. The molecule has 4 N–H and O–H groups in total. The number of nitrogen functional groups attached to an aromatic ring is 2. The van der Waals surface area contributed by atoms with E-state index < -0.39 is 0 Å². The average molecular weight is 519 g/mol. The number of nitrogens with two attached hydrogens (primary N) is 2. The van der Waals surface area contributed by atoms with E-state index in [2.05, 4.69) is 0 Å². The second-order valence-corrected chi connectivity index (χ2v) is 9.50. The lowest BCUT2D eigenvalue weighted by Gasteiger charge is -2.10. The minimum absolute atomic E-state index is 0.0338. The normalized spacial score (nSPS) is 11.0. The van der Waals surface area contributed by atoms with Crippen molar-refractivity contribution in [2.75, 3.05) is 18.1 Å². The summed E-state index contributed by atoms with van der Waals surface area (Å²) in [7, 11) is 0. The van der Waals surface area contributed by atoms with E-state index in [0.29, 0.717) is 35.5 Å². The van der Waals surface area contributed by atoms with Crippen molar-refractivity contribution in [3.05, 3.63) is 120 Å². The van der Waals surface area contributed by atoms with E-state index >= 15 is 0 Å². The number of benzene rings is 4. The van der Waals surface area contributed by atoms with Gasteiger partial charge in [-0.05, 0) is 65.9 Å². The van der Waals surface area contributed by atoms with Gasteiger partial charge in [-0.25, -0.2) is 0 Å². The number of anilines is 2. The molecular weight excluding hydrogens is 484 g/mol. The number of allylic oxidation sites excluding steroid dienone is 1. The first kappa shape index (κ1) is 27.4. The molecule has 0 heterocycles. The van der Waals surface area contributed by atoms with Crippen molar-refractivity contribution < 1.29 is 14.3 Å². The molecule has 198 valence electrons. The van der Waals surface area contributed by atoms with Crippen LogP contribution in [0.3, 0.4) is 0 Å². The Kier molecular flexibility index (Phi) is 9.68. The van der Waals surface area contributed by atoms with Crippen LogP contribution in [0, 0.1) is 0 Å². The Balaban J connectivity index is 1.22. The van der Waals surface area contributed by atoms with Gasteiger partial charge >= 0.3 is 0 Å². The lowest BCUT2D eigenvalue weighted by Crippen LogP contribution is -2.02. The number of hydrogen-bond donors (Lipinski definition) is 2. The summed E-state index contributed by atoms with van der Waals surface area (Å²) in [6, 6.07) is 30.3. The number of carbonyl (C=O) groups is 2. The van der Waals surface area contributed by atoms with Crippen LogP contribution in [0.15, 0.2) is 103 Å². The van der Waals surface area contributed by atoms with Crippen LogP contribution in [-0.2, 0) is 0 Å². The van der Waals surface area contributed by atoms with Crippen LogP contribution < -0.4 is 16.2 Å². The van der Waals surface area contributed by atoms with Gasteiger partial charge in [-0.15, -0.1) is 0 Å². The van der Waals surface area contributed by atoms with E-state index in [1.807, 2.05) is 84.9 Å². The van der Waals surface area contributed by atoms with Crippen LogP contribution in [0.5, 0.6) is 5.75 Å². The number of carbonyl (C=O) groups excluding carboxylic acids is 2. The molecule has 0 saturated heterocycles. The number of unbranched alkanes of at least 4 members (excludes halogenated alkanes) is 3. The molecule has 0 aliphatic heterocycles. The Bertz CT molecular complexity index is 1410. The van der Waals surface area contributed by atoms with Crippen molar-refractivity contribution in [1.29, 1.82) is 0 Å². The quantitative estimate of drug-likeness (QED) is 0.0821. The standard InChI is InChI=1S/C34H34N2O3/c35-28-22-27(23-29(36)24-28)33(37)14-6-1-2-9-21-39-30-18-16-26(17-19-30)31-12-7-8-13-32(31)34(38)20-15-25-10-4-3-5-11-25/h3-5,7-8,10-13,15-20,22-24H,1-2,6,9,14,21,35-36H2. The molecule has 0 spiro atoms. The molecule has 0 saturated carbocycles. The predicted molar refractivity (Wildman–Crippen MR) is 160 cm³/mol. The number of rotatable bonds is 13. The Labute approximate surface area is 230 Å². The molecule has 4 rings (SSSR count). The summed E-state index contributed by atoms with van der Waals surface area (Å²) < 4.78 is 5.91. The third kappa shape index (κ3) is 8.17. The maximum absolute atomic E-state index is 12.9. The van der Waals surface area contributed by atoms with E-state index in [4.69, 9.17) is 16.2 Å². The zero-order valence-corrected chi connectivity index (χ0v) is 22.0. The fraction of sp³-hybridized carbons (Fsp3) is 0.176. The fourth-order valence-electron chi connectivity index (χ4n) is 4.42. The summed E-state index contributed by atoms with van der Waals surface area (Å²) in [5.74, 6) is 0.829. The zero-order chi connectivity index (χ0) is 27.5. The van der Waals surface area contributed by atoms with Crippen LogP contribution in [0.4, 0.5) is 11.4 Å². The van der Waals surface area contributed by atoms with Gasteiger partial charge in [-0.2, -0.15) is 0 Å². The molecule has 0 aromatic heterocycles. The number of ketones is 2. The minimum Gasteiger partial charge on any atom is -0.494 e. The van der Waals surface area contributed by atoms with Gasteiger partial charge < -0.3 is 16.2 Å². The molecular formula is C34H34N2O3. The van der Waals surface area contributed by atoms with Crippen LogP contribution >= 0.6 is 0 Å². The Morgan fingerprint density at radius 3 is 2.13 bits per heavy atom. The monoisotopic (exact) mass is 518 g/mol. The third-order valence-corrected chi connectivity index (χ3v) is 6.45. The highest BCUT2D eigenvalue weighted by Gasteiger charge is 2.11. The lowest BCUT2D eigenvalue weighted by molar-refractivity contribution is 0.0978. The smallest absolute Gasteiger partial charge is 0.186 e. The van der Waals surface area contributed by atoms with Crippen molar-refractivity contribution in [3.63, 3.8) is 0 Å². The molecule has 4 aromatic carbocycles. The molecule has 0 atom stereocenters.